The Hall–Kier alpha value is -14.3. The lowest BCUT2D eigenvalue weighted by molar-refractivity contribution is -0.385. The smallest absolute Gasteiger partial charge is 0.499 e. The van der Waals surface area contributed by atoms with E-state index < -0.39 is 44.0 Å². The SMILES string of the molecule is Brc1cccc2ccccc12.Nc1cccc(O)c1-c1cccc2ccccc12.O=C(Cl)c1ccc2ccccc2c1.O=C(Nc1cccc(O)c1-c1cccc2ccccc12)c1ccc2ccccc2c1.O=[N+]([O-])c1cccc(O)c1-c1cccc2ccccc12.O=[N+]([O-])c1cccc(O)c1B(O)O.O=[N+]([O-])c1cccc(O)c1Br. The molecule has 116 heavy (non-hydrogen) atoms. The molecule has 574 valence electrons. The van der Waals surface area contributed by atoms with Crippen LogP contribution in [0.1, 0.15) is 20.7 Å². The van der Waals surface area contributed by atoms with Gasteiger partial charge in [-0.1, -0.05) is 271 Å². The number of halogens is 3. The Bertz CT molecular complexity index is 6480. The van der Waals surface area contributed by atoms with E-state index in [1.54, 1.807) is 48.5 Å². The Labute approximate surface area is 685 Å². The molecule has 20 nitrogen and oxygen atoms in total. The molecule has 0 fully saturated rings. The van der Waals surface area contributed by atoms with Crippen molar-refractivity contribution in [3.8, 4) is 62.1 Å². The lowest BCUT2D eigenvalue weighted by Crippen LogP contribution is -2.32. The second-order valence-electron chi connectivity index (χ2n) is 25.5. The first-order valence-electron chi connectivity index (χ1n) is 35.3. The van der Waals surface area contributed by atoms with Crippen LogP contribution in [0.2, 0.25) is 0 Å². The van der Waals surface area contributed by atoms with Gasteiger partial charge in [0.2, 0.25) is 0 Å². The fraction of sp³-hybridized carbons (Fsp3) is 0. The van der Waals surface area contributed by atoms with E-state index in [0.29, 0.717) is 39.2 Å². The first-order valence-corrected chi connectivity index (χ1v) is 37.3. The van der Waals surface area contributed by atoms with E-state index in [0.717, 1.165) is 81.6 Å². The highest BCUT2D eigenvalue weighted by Gasteiger charge is 2.28. The van der Waals surface area contributed by atoms with E-state index in [1.165, 1.54) is 53.2 Å². The van der Waals surface area contributed by atoms with Gasteiger partial charge in [0.25, 0.3) is 28.2 Å². The molecule has 0 aromatic heterocycles. The van der Waals surface area contributed by atoms with Gasteiger partial charge in [-0.15, -0.1) is 0 Å². The molecule has 0 spiro atoms. The van der Waals surface area contributed by atoms with E-state index >= 15 is 0 Å². The van der Waals surface area contributed by atoms with Crippen molar-refractivity contribution in [2.75, 3.05) is 11.1 Å². The molecule has 0 aliphatic rings. The molecule has 0 unspecified atom stereocenters. The van der Waals surface area contributed by atoms with E-state index in [2.05, 4.69) is 79.6 Å². The van der Waals surface area contributed by atoms with Crippen LogP contribution in [0.15, 0.2) is 355 Å². The molecular weight excluding hydrogens is 1620 g/mol. The predicted molar refractivity (Wildman–Crippen MR) is 469 cm³/mol. The summed E-state index contributed by atoms with van der Waals surface area (Å²) >= 11 is 11.8. The third-order valence-corrected chi connectivity index (χ3v) is 19.9. The average molecular weight is 1690 g/mol. The highest BCUT2D eigenvalue weighted by atomic mass is 79.9. The standard InChI is InChI=1S/C27H19NO2.C16H11NO3.C16H13NO.C11H7ClO.C10H7Br.C6H6BNO5.C6H4BrNO3/c29-25-14-6-13-24(26(25)23-12-5-10-19-8-3-4-11-22(19)23)28-27(30)21-16-15-18-7-1-2-9-20(18)17-21;18-15-10-4-9-14(17(19)20)16(15)13-8-3-6-11-5-1-2-7-12(11)13;17-14-9-4-10-15(18)16(14)13-8-3-6-11-5-1-2-7-12(11)13;12-11(13)10-6-5-8-3-1-2-4-9(8)7-10;11-10-7-3-5-8-4-1-2-6-9(8)10;9-5-3-1-2-4(8(12)13)6(5)7(10)11;7-6-4(8(10)11)2-1-3-5(6)9/h1-17,29H,(H,28,30);1-10,18H;1-10,18H,17H2;1-7H;1-7H;1-3,9-11H;1-3,9H. The fourth-order valence-corrected chi connectivity index (χ4v) is 13.7. The number of nitrogen functional groups attached to an aromatic ring is 1. The van der Waals surface area contributed by atoms with Crippen LogP contribution in [0.4, 0.5) is 28.4 Å². The number of amides is 1. The average Bonchev–Trinajstić information content (AvgIpc) is 0.789. The number of nitrogens with zero attached hydrogens (tertiary/aromatic N) is 3. The number of phenolic OH excluding ortho intramolecular Hbond substituents is 5. The van der Waals surface area contributed by atoms with Gasteiger partial charge in [-0.2, -0.15) is 0 Å². The largest absolute Gasteiger partial charge is 0.508 e. The minimum absolute atomic E-state index is 0.0875. The third-order valence-electron chi connectivity index (χ3n) is 18.2. The van der Waals surface area contributed by atoms with Crippen LogP contribution in [0.25, 0.3) is 98.0 Å². The van der Waals surface area contributed by atoms with Crippen LogP contribution in [0, 0.1) is 30.3 Å². The predicted octanol–water partition coefficient (Wildman–Crippen LogP) is 22.4. The number of benzene rings is 17. The summed E-state index contributed by atoms with van der Waals surface area (Å²) in [4.78, 5) is 53.8. The first-order chi connectivity index (χ1) is 56.0. The maximum atomic E-state index is 13.0. The van der Waals surface area contributed by atoms with Gasteiger partial charge in [0.1, 0.15) is 44.2 Å². The number of nitrogens with two attached hydrogens (primary N) is 1. The monoisotopic (exact) mass is 1690 g/mol. The third kappa shape index (κ3) is 20.1. The summed E-state index contributed by atoms with van der Waals surface area (Å²) in [6, 6.07) is 105. The molecule has 17 aromatic rings. The molecule has 17 aromatic carbocycles. The summed E-state index contributed by atoms with van der Waals surface area (Å²) in [7, 11) is -2.05. The van der Waals surface area contributed by atoms with Crippen LogP contribution in [0.3, 0.4) is 0 Å². The number of carbonyl (C=O) groups is 2. The number of nitrogens with one attached hydrogen (secondary N) is 1. The second-order valence-corrected chi connectivity index (χ2v) is 27.5. The van der Waals surface area contributed by atoms with Gasteiger partial charge in [-0.3, -0.25) is 39.9 Å². The molecule has 0 radical (unpaired) electrons. The van der Waals surface area contributed by atoms with E-state index in [1.807, 2.05) is 200 Å². The maximum Gasteiger partial charge on any atom is 0.499 e. The normalized spacial score (nSPS) is 10.4. The Balaban J connectivity index is 0.000000138. The number of hydrogen-bond acceptors (Lipinski definition) is 16. The molecule has 0 atom stereocenters. The first kappa shape index (κ1) is 82.6. The number of fused-ring (bicyclic) bond motifs is 6. The summed E-state index contributed by atoms with van der Waals surface area (Å²) in [5.41, 5.74) is 11.1. The summed E-state index contributed by atoms with van der Waals surface area (Å²) in [6.07, 6.45) is 0. The number of phenols is 5. The summed E-state index contributed by atoms with van der Waals surface area (Å²) in [5.74, 6) is -0.596. The molecule has 24 heteroatoms. The molecule has 0 saturated carbocycles. The topological polar surface area (TPSA) is 343 Å². The van der Waals surface area contributed by atoms with Crippen LogP contribution < -0.4 is 16.5 Å². The maximum absolute atomic E-state index is 13.0. The number of anilines is 2. The zero-order chi connectivity index (χ0) is 82.5. The van der Waals surface area contributed by atoms with Crippen LogP contribution in [-0.4, -0.2) is 68.6 Å². The minimum Gasteiger partial charge on any atom is -0.508 e. The van der Waals surface area contributed by atoms with Crippen molar-refractivity contribution >= 4 is 160 Å². The number of carbonyl (C=O) groups excluding carboxylic acids is 2. The van der Waals surface area contributed by atoms with Crippen LogP contribution >= 0.6 is 43.5 Å². The molecule has 17 rings (SSSR count). The Morgan fingerprint density at radius 3 is 1.15 bits per heavy atom. The highest BCUT2D eigenvalue weighted by Crippen LogP contribution is 2.43. The van der Waals surface area contributed by atoms with Crippen molar-refractivity contribution in [3.05, 3.63) is 396 Å². The summed E-state index contributed by atoms with van der Waals surface area (Å²) in [6.45, 7) is 0. The number of aromatic hydroxyl groups is 5. The number of nitro benzene ring substituents is 3. The lowest BCUT2D eigenvalue weighted by Gasteiger charge is -2.15. The van der Waals surface area contributed by atoms with Crippen molar-refractivity contribution in [1.82, 2.24) is 0 Å². The lowest BCUT2D eigenvalue weighted by atomic mass is 9.78. The molecule has 0 saturated heterocycles. The summed E-state index contributed by atoms with van der Waals surface area (Å²) < 4.78 is 1.28. The van der Waals surface area contributed by atoms with Crippen molar-refractivity contribution < 1.29 is 59.9 Å². The van der Waals surface area contributed by atoms with E-state index in [-0.39, 0.29) is 50.3 Å². The van der Waals surface area contributed by atoms with E-state index in [4.69, 9.17) is 37.6 Å². The van der Waals surface area contributed by atoms with Crippen molar-refractivity contribution in [1.29, 1.82) is 0 Å². The molecule has 1 amide bonds. The summed E-state index contributed by atoms with van der Waals surface area (Å²) in [5, 5.41) is 114. The van der Waals surface area contributed by atoms with Gasteiger partial charge in [-0.25, -0.2) is 0 Å². The molecule has 0 bridgehead atoms. The molecular formula is C92H67BBr2ClN5O15. The van der Waals surface area contributed by atoms with Gasteiger partial charge in [0, 0.05) is 56.2 Å². The zero-order valence-corrected chi connectivity index (χ0v) is 64.9. The molecule has 10 N–H and O–H groups in total. The Kier molecular flexibility index (Phi) is 27.6. The number of nitro groups is 3. The van der Waals surface area contributed by atoms with Gasteiger partial charge in [-0.05, 0) is 176 Å². The zero-order valence-electron chi connectivity index (χ0n) is 60.9. The number of rotatable bonds is 10. The minimum atomic E-state index is -2.05. The molecule has 0 aliphatic heterocycles. The highest BCUT2D eigenvalue weighted by molar-refractivity contribution is 9.11. The van der Waals surface area contributed by atoms with Gasteiger partial charge in [0.15, 0.2) is 0 Å². The Morgan fingerprint density at radius 2 is 0.690 bits per heavy atom. The number of hydrogen-bond donors (Lipinski definition) is 9. The van der Waals surface area contributed by atoms with Gasteiger partial charge < -0.3 is 46.6 Å². The quantitative estimate of drug-likeness (QED) is 0.0202. The van der Waals surface area contributed by atoms with Gasteiger partial charge >= 0.3 is 7.12 Å². The van der Waals surface area contributed by atoms with Crippen molar-refractivity contribution in [2.24, 2.45) is 0 Å². The van der Waals surface area contributed by atoms with Crippen molar-refractivity contribution in [3.63, 3.8) is 0 Å². The molecule has 0 heterocycles. The van der Waals surface area contributed by atoms with Crippen molar-refractivity contribution in [2.45, 2.75) is 0 Å². The second kappa shape index (κ2) is 38.7. The Morgan fingerprint density at radius 1 is 0.345 bits per heavy atom. The fourth-order valence-electron chi connectivity index (χ4n) is 12.7. The van der Waals surface area contributed by atoms with Crippen LogP contribution in [0.5, 0.6) is 28.7 Å². The van der Waals surface area contributed by atoms with Gasteiger partial charge in [0.05, 0.1) is 20.5 Å². The van der Waals surface area contributed by atoms with E-state index in [9.17, 15) is 55.3 Å². The van der Waals surface area contributed by atoms with Crippen LogP contribution in [-0.2, 0) is 0 Å². The molecule has 0 aliphatic carbocycles.